The Bertz CT molecular complexity index is 996. The molecule has 0 bridgehead atoms. The van der Waals surface area contributed by atoms with E-state index in [2.05, 4.69) is 0 Å². The van der Waals surface area contributed by atoms with Gasteiger partial charge in [-0.2, -0.15) is 0 Å². The number of likely N-dealkylation sites (tertiary alicyclic amines) is 1. The van der Waals surface area contributed by atoms with Gasteiger partial charge in [-0.15, -0.1) is 0 Å². The third-order valence-corrected chi connectivity index (χ3v) is 5.32. The predicted octanol–water partition coefficient (Wildman–Crippen LogP) is 1.51. The van der Waals surface area contributed by atoms with Crippen LogP contribution in [0.5, 0.6) is 0 Å². The highest BCUT2D eigenvalue weighted by atomic mass is 16.6. The number of hydrogen-bond acceptors (Lipinski definition) is 4. The number of benzene rings is 1. The highest BCUT2D eigenvalue weighted by molar-refractivity contribution is 5.97. The molecular weight excluding hydrogens is 334 g/mol. The molecule has 2 saturated heterocycles. The van der Waals surface area contributed by atoms with Crippen LogP contribution in [-0.2, 0) is 11.8 Å². The molecule has 4 rings (SSSR count). The maximum atomic E-state index is 13.0. The number of amides is 2. The van der Waals surface area contributed by atoms with Gasteiger partial charge in [0.15, 0.2) is 5.60 Å². The van der Waals surface area contributed by atoms with E-state index in [0.717, 1.165) is 11.1 Å². The Kier molecular flexibility index (Phi) is 3.57. The third-order valence-electron chi connectivity index (χ3n) is 5.32. The first-order valence-corrected chi connectivity index (χ1v) is 8.63. The van der Waals surface area contributed by atoms with Crippen LogP contribution in [0.4, 0.5) is 4.79 Å². The number of nitrogens with zero attached hydrogens (tertiary/aromatic N) is 3. The van der Waals surface area contributed by atoms with E-state index in [-0.39, 0.29) is 23.0 Å². The Morgan fingerprint density at radius 2 is 1.96 bits per heavy atom. The summed E-state index contributed by atoms with van der Waals surface area (Å²) in [4.78, 5) is 40.7. The van der Waals surface area contributed by atoms with Crippen LogP contribution in [0, 0.1) is 6.92 Å². The highest BCUT2D eigenvalue weighted by Crippen LogP contribution is 2.32. The van der Waals surface area contributed by atoms with Gasteiger partial charge in [-0.05, 0) is 19.1 Å². The van der Waals surface area contributed by atoms with Crippen LogP contribution < -0.4 is 5.43 Å². The standard InChI is InChI=1S/C19H21N3O4/c1-12-4-5-15-13(8-12)16(23)14(9-20(15)2)17(24)22-7-6-19(11-22)10-21(3)18(25)26-19/h4-5,8-9H,6-7,10-11H2,1-3H3/t19-/m0/s1. The first-order chi connectivity index (χ1) is 12.3. The number of ether oxygens (including phenoxy) is 1. The molecule has 2 aromatic rings. The maximum absolute atomic E-state index is 13.0. The third kappa shape index (κ3) is 2.46. The molecule has 2 aliphatic heterocycles. The van der Waals surface area contributed by atoms with Gasteiger partial charge < -0.3 is 19.1 Å². The van der Waals surface area contributed by atoms with Gasteiger partial charge >= 0.3 is 6.09 Å². The summed E-state index contributed by atoms with van der Waals surface area (Å²) in [5, 5.41) is 0.541. The Morgan fingerprint density at radius 1 is 1.19 bits per heavy atom. The van der Waals surface area contributed by atoms with Gasteiger partial charge in [-0.3, -0.25) is 9.59 Å². The first-order valence-electron chi connectivity index (χ1n) is 8.63. The number of fused-ring (bicyclic) bond motifs is 1. The molecule has 1 aromatic carbocycles. The largest absolute Gasteiger partial charge is 0.439 e. The molecule has 136 valence electrons. The minimum absolute atomic E-state index is 0.153. The Hall–Kier alpha value is -2.83. The van der Waals surface area contributed by atoms with Crippen molar-refractivity contribution in [2.45, 2.75) is 18.9 Å². The first kappa shape index (κ1) is 16.6. The SMILES string of the molecule is Cc1ccc2c(c1)c(=O)c(C(=O)N1CC[C@]3(CN(C)C(=O)O3)C1)cn2C. The van der Waals surface area contributed by atoms with Gasteiger partial charge in [-0.25, -0.2) is 4.79 Å². The van der Waals surface area contributed by atoms with Crippen LogP contribution >= 0.6 is 0 Å². The molecule has 1 aromatic heterocycles. The van der Waals surface area contributed by atoms with Gasteiger partial charge in [0.1, 0.15) is 5.56 Å². The van der Waals surface area contributed by atoms with E-state index in [1.54, 1.807) is 22.7 Å². The second-order valence-corrected chi connectivity index (χ2v) is 7.39. The second-order valence-electron chi connectivity index (χ2n) is 7.39. The zero-order chi connectivity index (χ0) is 18.6. The summed E-state index contributed by atoms with van der Waals surface area (Å²) in [5.74, 6) is -0.309. The van der Waals surface area contributed by atoms with Crippen LogP contribution in [0.3, 0.4) is 0 Å². The van der Waals surface area contributed by atoms with Crippen molar-refractivity contribution in [1.29, 1.82) is 0 Å². The highest BCUT2D eigenvalue weighted by Gasteiger charge is 2.49. The van der Waals surface area contributed by atoms with Gasteiger partial charge in [-0.1, -0.05) is 11.6 Å². The smallest absolute Gasteiger partial charge is 0.410 e. The fourth-order valence-corrected chi connectivity index (χ4v) is 3.95. The molecule has 7 heteroatoms. The lowest BCUT2D eigenvalue weighted by atomic mass is 10.0. The van der Waals surface area contributed by atoms with Crippen LogP contribution in [-0.4, -0.2) is 58.7 Å². The van der Waals surface area contributed by atoms with Gasteiger partial charge in [0, 0.05) is 38.6 Å². The molecular formula is C19H21N3O4. The van der Waals surface area contributed by atoms with E-state index in [1.807, 2.05) is 32.2 Å². The average Bonchev–Trinajstić information content (AvgIpc) is 3.13. The summed E-state index contributed by atoms with van der Waals surface area (Å²) in [6, 6.07) is 5.64. The molecule has 1 spiro atoms. The van der Waals surface area contributed by atoms with Crippen molar-refractivity contribution in [2.75, 3.05) is 26.7 Å². The van der Waals surface area contributed by atoms with E-state index in [9.17, 15) is 14.4 Å². The minimum Gasteiger partial charge on any atom is -0.439 e. The normalized spacial score (nSPS) is 22.5. The van der Waals surface area contributed by atoms with Crippen LogP contribution in [0.15, 0.2) is 29.2 Å². The van der Waals surface area contributed by atoms with Crippen molar-refractivity contribution in [2.24, 2.45) is 7.05 Å². The van der Waals surface area contributed by atoms with Crippen LogP contribution in [0.25, 0.3) is 10.9 Å². The number of likely N-dealkylation sites (N-methyl/N-ethyl adjacent to an activating group) is 1. The van der Waals surface area contributed by atoms with Gasteiger partial charge in [0.05, 0.1) is 18.6 Å². The van der Waals surface area contributed by atoms with Crippen molar-refractivity contribution in [3.63, 3.8) is 0 Å². The number of aromatic nitrogens is 1. The van der Waals surface area contributed by atoms with Crippen molar-refractivity contribution in [3.8, 4) is 0 Å². The Morgan fingerprint density at radius 3 is 2.65 bits per heavy atom. The fourth-order valence-electron chi connectivity index (χ4n) is 3.95. The van der Waals surface area contributed by atoms with Gasteiger partial charge in [0.25, 0.3) is 5.91 Å². The Balaban J connectivity index is 1.68. The zero-order valence-electron chi connectivity index (χ0n) is 15.1. The number of aryl methyl sites for hydroxylation is 2. The van der Waals surface area contributed by atoms with Crippen molar-refractivity contribution in [1.82, 2.24) is 14.4 Å². The van der Waals surface area contributed by atoms with Crippen LogP contribution in [0.2, 0.25) is 0 Å². The van der Waals surface area contributed by atoms with Crippen molar-refractivity contribution < 1.29 is 14.3 Å². The summed E-state index contributed by atoms with van der Waals surface area (Å²) < 4.78 is 7.29. The molecule has 2 fully saturated rings. The van der Waals surface area contributed by atoms with Crippen LogP contribution in [0.1, 0.15) is 22.3 Å². The maximum Gasteiger partial charge on any atom is 0.410 e. The average molecular weight is 355 g/mol. The second kappa shape index (κ2) is 5.59. The molecule has 0 saturated carbocycles. The van der Waals surface area contributed by atoms with E-state index in [0.29, 0.717) is 31.4 Å². The fraction of sp³-hybridized carbons (Fsp3) is 0.421. The number of hydrogen-bond donors (Lipinski definition) is 0. The van der Waals surface area contributed by atoms with Crippen molar-refractivity contribution >= 4 is 22.9 Å². The van der Waals surface area contributed by atoms with E-state index < -0.39 is 5.60 Å². The quantitative estimate of drug-likeness (QED) is 0.777. The number of carbonyl (C=O) groups is 2. The van der Waals surface area contributed by atoms with Gasteiger partial charge in [0.2, 0.25) is 5.43 Å². The lowest BCUT2D eigenvalue weighted by molar-refractivity contribution is 0.0552. The van der Waals surface area contributed by atoms with Crippen molar-refractivity contribution in [3.05, 3.63) is 45.7 Å². The van der Waals surface area contributed by atoms with E-state index in [1.165, 1.54) is 4.90 Å². The molecule has 0 aliphatic carbocycles. The summed E-state index contributed by atoms with van der Waals surface area (Å²) in [5.41, 5.74) is 1.01. The molecule has 7 nitrogen and oxygen atoms in total. The monoisotopic (exact) mass is 355 g/mol. The van der Waals surface area contributed by atoms with E-state index >= 15 is 0 Å². The Labute approximate surface area is 150 Å². The topological polar surface area (TPSA) is 71.8 Å². The van der Waals surface area contributed by atoms with E-state index in [4.69, 9.17) is 4.74 Å². The summed E-state index contributed by atoms with van der Waals surface area (Å²) >= 11 is 0. The lowest BCUT2D eigenvalue weighted by Crippen LogP contribution is -2.40. The summed E-state index contributed by atoms with van der Waals surface area (Å²) in [6.45, 7) is 3.17. The molecule has 3 heterocycles. The summed E-state index contributed by atoms with van der Waals surface area (Å²) in [6.07, 6.45) is 1.82. The number of pyridine rings is 1. The summed E-state index contributed by atoms with van der Waals surface area (Å²) in [7, 11) is 3.51. The molecule has 2 aliphatic rings. The molecule has 26 heavy (non-hydrogen) atoms. The molecule has 2 amide bonds. The molecule has 0 unspecified atom stereocenters. The number of carbonyl (C=O) groups excluding carboxylic acids is 2. The minimum atomic E-state index is -0.653. The lowest BCUT2D eigenvalue weighted by Gasteiger charge is -2.22. The number of rotatable bonds is 1. The zero-order valence-corrected chi connectivity index (χ0v) is 15.1. The predicted molar refractivity (Wildman–Crippen MR) is 96.3 cm³/mol. The molecule has 0 N–H and O–H groups in total. The molecule has 0 radical (unpaired) electrons. The molecule has 1 atom stereocenters.